The van der Waals surface area contributed by atoms with Gasteiger partial charge in [0.25, 0.3) is 5.91 Å². The lowest BCUT2D eigenvalue weighted by atomic mass is 9.93. The van der Waals surface area contributed by atoms with E-state index in [-0.39, 0.29) is 12.5 Å². The first-order valence-corrected chi connectivity index (χ1v) is 8.16. The number of nitrogens with zero attached hydrogens (tertiary/aromatic N) is 1. The van der Waals surface area contributed by atoms with Crippen LogP contribution in [0.5, 0.6) is 5.75 Å². The Bertz CT molecular complexity index is 823. The zero-order chi connectivity index (χ0) is 17.5. The molecule has 0 heterocycles. The van der Waals surface area contributed by atoms with Crippen LogP contribution in [0.1, 0.15) is 24.0 Å². The van der Waals surface area contributed by atoms with E-state index in [1.807, 2.05) is 24.3 Å². The SMILES string of the molecule is CC(c1ccc(NN=S(=O)=O)cc1)c1ccc(OCC(N)=O)cc1. The van der Waals surface area contributed by atoms with E-state index >= 15 is 0 Å². The summed E-state index contributed by atoms with van der Waals surface area (Å²) >= 11 is 0. The first kappa shape index (κ1) is 17.5. The lowest BCUT2D eigenvalue weighted by Crippen LogP contribution is -2.19. The minimum Gasteiger partial charge on any atom is -0.484 e. The number of rotatable bonds is 7. The van der Waals surface area contributed by atoms with Crippen molar-refractivity contribution in [2.45, 2.75) is 12.8 Å². The van der Waals surface area contributed by atoms with E-state index < -0.39 is 16.4 Å². The van der Waals surface area contributed by atoms with Crippen LogP contribution < -0.4 is 15.9 Å². The molecule has 3 N–H and O–H groups in total. The van der Waals surface area contributed by atoms with Crippen molar-refractivity contribution in [2.75, 3.05) is 12.0 Å². The summed E-state index contributed by atoms with van der Waals surface area (Å²) in [7, 11) is -2.49. The fourth-order valence-corrected chi connectivity index (χ4v) is 2.32. The molecular formula is C16H17N3O4S. The number of primary amides is 1. The molecule has 0 aliphatic rings. The number of benzene rings is 2. The van der Waals surface area contributed by atoms with Crippen molar-refractivity contribution in [3.05, 3.63) is 59.7 Å². The summed E-state index contributed by atoms with van der Waals surface area (Å²) in [5.74, 6) is 0.194. The Morgan fingerprint density at radius 3 is 2.17 bits per heavy atom. The lowest BCUT2D eigenvalue weighted by Gasteiger charge is -2.14. The van der Waals surface area contributed by atoms with E-state index in [0.717, 1.165) is 11.1 Å². The average molecular weight is 347 g/mol. The Morgan fingerprint density at radius 1 is 1.12 bits per heavy atom. The Hall–Kier alpha value is -2.87. The number of hydrogen-bond donors (Lipinski definition) is 2. The zero-order valence-corrected chi connectivity index (χ0v) is 13.8. The van der Waals surface area contributed by atoms with Gasteiger partial charge in [-0.15, -0.1) is 0 Å². The van der Waals surface area contributed by atoms with Gasteiger partial charge in [-0.3, -0.25) is 10.2 Å². The molecule has 1 amide bonds. The summed E-state index contributed by atoms with van der Waals surface area (Å²) in [6.07, 6.45) is 0. The highest BCUT2D eigenvalue weighted by molar-refractivity contribution is 7.61. The van der Waals surface area contributed by atoms with Crippen molar-refractivity contribution in [3.63, 3.8) is 0 Å². The third-order valence-electron chi connectivity index (χ3n) is 3.42. The van der Waals surface area contributed by atoms with Crippen molar-refractivity contribution in [1.29, 1.82) is 0 Å². The first-order chi connectivity index (χ1) is 11.5. The Labute approximate surface area is 141 Å². The second-order valence-electron chi connectivity index (χ2n) is 5.09. The first-order valence-electron chi connectivity index (χ1n) is 7.13. The highest BCUT2D eigenvalue weighted by Crippen LogP contribution is 2.26. The summed E-state index contributed by atoms with van der Waals surface area (Å²) < 4.78 is 29.2. The Morgan fingerprint density at radius 2 is 1.67 bits per heavy atom. The quantitative estimate of drug-likeness (QED) is 0.745. The normalized spacial score (nSPS) is 11.4. The van der Waals surface area contributed by atoms with Gasteiger partial charge in [0.15, 0.2) is 6.61 Å². The molecule has 0 aromatic heterocycles. The van der Waals surface area contributed by atoms with Crippen molar-refractivity contribution in [2.24, 2.45) is 10.2 Å². The van der Waals surface area contributed by atoms with Crippen molar-refractivity contribution in [1.82, 2.24) is 0 Å². The van der Waals surface area contributed by atoms with Crippen molar-refractivity contribution in [3.8, 4) is 5.75 Å². The maximum absolute atomic E-state index is 10.7. The maximum atomic E-state index is 10.7. The van der Waals surface area contributed by atoms with E-state index in [1.165, 1.54) is 0 Å². The average Bonchev–Trinajstić information content (AvgIpc) is 2.58. The number of ether oxygens (including phenoxy) is 1. The highest BCUT2D eigenvalue weighted by atomic mass is 32.2. The molecule has 1 unspecified atom stereocenters. The molecule has 0 aliphatic heterocycles. The predicted octanol–water partition coefficient (Wildman–Crippen LogP) is 2.09. The molecule has 0 spiro atoms. The molecule has 0 saturated heterocycles. The van der Waals surface area contributed by atoms with E-state index in [9.17, 15) is 13.2 Å². The molecule has 2 aromatic rings. The maximum Gasteiger partial charge on any atom is 0.332 e. The molecule has 1 atom stereocenters. The fraction of sp³-hybridized carbons (Fsp3) is 0.188. The largest absolute Gasteiger partial charge is 0.484 e. The second-order valence-corrected chi connectivity index (χ2v) is 5.70. The van der Waals surface area contributed by atoms with Crippen LogP contribution in [0.3, 0.4) is 0 Å². The molecule has 2 rings (SSSR count). The van der Waals surface area contributed by atoms with Gasteiger partial charge in [-0.1, -0.05) is 35.7 Å². The number of anilines is 1. The zero-order valence-electron chi connectivity index (χ0n) is 13.0. The van der Waals surface area contributed by atoms with E-state index in [2.05, 4.69) is 16.8 Å². The lowest BCUT2D eigenvalue weighted by molar-refractivity contribution is -0.119. The van der Waals surface area contributed by atoms with Gasteiger partial charge in [0.05, 0.1) is 5.69 Å². The number of nitrogens with two attached hydrogens (primary N) is 1. The molecular weight excluding hydrogens is 330 g/mol. The van der Waals surface area contributed by atoms with E-state index in [1.54, 1.807) is 24.3 Å². The third-order valence-corrected chi connectivity index (χ3v) is 3.66. The minimum atomic E-state index is -2.49. The number of carbonyl (C=O) groups is 1. The van der Waals surface area contributed by atoms with Gasteiger partial charge in [0, 0.05) is 5.92 Å². The standard InChI is InChI=1S/C16H17N3O4S/c1-11(12-2-6-14(7-3-12)18-19-24(21)22)13-4-8-15(9-5-13)23-10-16(17)20/h2-9,11,18H,10H2,1H3,(H2,17,20). The van der Waals surface area contributed by atoms with Crippen LogP contribution in [0.4, 0.5) is 5.69 Å². The smallest absolute Gasteiger partial charge is 0.332 e. The molecule has 0 radical (unpaired) electrons. The van der Waals surface area contributed by atoms with Crippen LogP contribution in [-0.4, -0.2) is 20.9 Å². The van der Waals surface area contributed by atoms with Gasteiger partial charge in [0.1, 0.15) is 5.75 Å². The van der Waals surface area contributed by atoms with Gasteiger partial charge in [-0.25, -0.2) is 0 Å². The molecule has 7 nitrogen and oxygen atoms in total. The van der Waals surface area contributed by atoms with Crippen molar-refractivity contribution < 1.29 is 17.9 Å². The van der Waals surface area contributed by atoms with Gasteiger partial charge in [0.2, 0.25) is 0 Å². The molecule has 8 heteroatoms. The van der Waals surface area contributed by atoms with Gasteiger partial charge in [-0.2, -0.15) is 8.42 Å². The molecule has 0 fully saturated rings. The topological polar surface area (TPSA) is 111 Å². The van der Waals surface area contributed by atoms with Gasteiger partial charge < -0.3 is 10.5 Å². The number of amides is 1. The molecule has 0 saturated carbocycles. The van der Waals surface area contributed by atoms with Crippen LogP contribution in [0.25, 0.3) is 0 Å². The van der Waals surface area contributed by atoms with Gasteiger partial charge in [-0.05, 0) is 35.4 Å². The highest BCUT2D eigenvalue weighted by Gasteiger charge is 2.09. The Kier molecular flexibility index (Phi) is 5.91. The van der Waals surface area contributed by atoms with Crippen LogP contribution in [0, 0.1) is 0 Å². The number of carbonyl (C=O) groups excluding carboxylic acids is 1. The summed E-state index contributed by atoms with van der Waals surface area (Å²) in [5.41, 5.74) is 10.2. The predicted molar refractivity (Wildman–Crippen MR) is 90.1 cm³/mol. The summed E-state index contributed by atoms with van der Waals surface area (Å²) in [5, 5.41) is 0. The van der Waals surface area contributed by atoms with E-state index in [0.29, 0.717) is 11.4 Å². The molecule has 0 aliphatic carbocycles. The fourth-order valence-electron chi connectivity index (χ4n) is 2.14. The molecule has 126 valence electrons. The summed E-state index contributed by atoms with van der Waals surface area (Å²) in [6.45, 7) is 1.90. The molecule has 2 aromatic carbocycles. The molecule has 24 heavy (non-hydrogen) atoms. The third kappa shape index (κ3) is 5.10. The second kappa shape index (κ2) is 8.11. The summed E-state index contributed by atoms with van der Waals surface area (Å²) in [6, 6.07) is 14.7. The van der Waals surface area contributed by atoms with Crippen LogP contribution in [0.15, 0.2) is 53.0 Å². The number of nitrogens with one attached hydrogen (secondary N) is 1. The summed E-state index contributed by atoms with van der Waals surface area (Å²) in [4.78, 5) is 10.7. The molecule has 0 bridgehead atoms. The van der Waals surface area contributed by atoms with Crippen LogP contribution in [-0.2, 0) is 15.3 Å². The van der Waals surface area contributed by atoms with Crippen LogP contribution in [0.2, 0.25) is 0 Å². The monoisotopic (exact) mass is 347 g/mol. The van der Waals surface area contributed by atoms with Crippen LogP contribution >= 0.6 is 0 Å². The van der Waals surface area contributed by atoms with Gasteiger partial charge >= 0.3 is 10.5 Å². The Balaban J connectivity index is 2.06. The van der Waals surface area contributed by atoms with E-state index in [4.69, 9.17) is 10.5 Å². The van der Waals surface area contributed by atoms with Crippen molar-refractivity contribution >= 4 is 22.1 Å². The minimum absolute atomic E-state index is 0.134. The number of hydrogen-bond acceptors (Lipinski definition) is 5.